The second-order valence-corrected chi connectivity index (χ2v) is 5.80. The summed E-state index contributed by atoms with van der Waals surface area (Å²) in [7, 11) is 0. The Bertz CT molecular complexity index is 633. The first-order chi connectivity index (χ1) is 9.03. The molecule has 0 saturated carbocycles. The summed E-state index contributed by atoms with van der Waals surface area (Å²) >= 11 is 0. The number of nitrogens with zero attached hydrogens (tertiary/aromatic N) is 1. The molecule has 2 nitrogen and oxygen atoms in total. The van der Waals surface area contributed by atoms with E-state index in [0.717, 1.165) is 6.07 Å². The molecule has 1 aromatic heterocycles. The van der Waals surface area contributed by atoms with E-state index in [1.165, 1.54) is 6.07 Å². The lowest BCUT2D eigenvalue weighted by atomic mass is 9.97. The van der Waals surface area contributed by atoms with Gasteiger partial charge in [-0.05, 0) is 33.8 Å². The monoisotopic (exact) mass is 285 g/mol. The van der Waals surface area contributed by atoms with E-state index in [1.807, 2.05) is 13.8 Å². The van der Waals surface area contributed by atoms with Crippen LogP contribution < -0.4 is 0 Å². The third kappa shape index (κ3) is 2.42. The summed E-state index contributed by atoms with van der Waals surface area (Å²) in [6.07, 6.45) is -2.80. The van der Waals surface area contributed by atoms with Gasteiger partial charge in [-0.2, -0.15) is 13.2 Å². The normalized spacial score (nSPS) is 13.4. The first kappa shape index (κ1) is 14.9. The van der Waals surface area contributed by atoms with Crippen molar-refractivity contribution >= 4 is 10.9 Å². The highest BCUT2D eigenvalue weighted by molar-refractivity contribution is 5.88. The zero-order valence-electron chi connectivity index (χ0n) is 11.9. The fourth-order valence-corrected chi connectivity index (χ4v) is 2.44. The molecule has 110 valence electrons. The smallest absolute Gasteiger partial charge is 0.386 e. The van der Waals surface area contributed by atoms with E-state index in [-0.39, 0.29) is 11.6 Å². The Labute approximate surface area is 115 Å². The number of aliphatic hydroxyl groups is 1. The van der Waals surface area contributed by atoms with Crippen LogP contribution in [-0.4, -0.2) is 9.67 Å². The van der Waals surface area contributed by atoms with Gasteiger partial charge in [0.05, 0.1) is 16.7 Å². The fourth-order valence-electron chi connectivity index (χ4n) is 2.44. The quantitative estimate of drug-likeness (QED) is 0.865. The minimum atomic E-state index is -4.42. The van der Waals surface area contributed by atoms with Gasteiger partial charge in [0.15, 0.2) is 0 Å². The number of hydrogen-bond donors (Lipinski definition) is 1. The van der Waals surface area contributed by atoms with Crippen molar-refractivity contribution in [2.45, 2.75) is 45.5 Å². The third-order valence-electron chi connectivity index (χ3n) is 3.37. The molecule has 1 N–H and O–H groups in total. The largest absolute Gasteiger partial charge is 0.418 e. The minimum Gasteiger partial charge on any atom is -0.386 e. The van der Waals surface area contributed by atoms with Crippen LogP contribution in [0.4, 0.5) is 13.2 Å². The summed E-state index contributed by atoms with van der Waals surface area (Å²) in [4.78, 5) is 0. The third-order valence-corrected chi connectivity index (χ3v) is 3.37. The molecule has 0 bridgehead atoms. The molecule has 0 unspecified atom stereocenters. The van der Waals surface area contributed by atoms with E-state index < -0.39 is 17.3 Å². The van der Waals surface area contributed by atoms with Gasteiger partial charge < -0.3 is 9.67 Å². The van der Waals surface area contributed by atoms with Crippen LogP contribution in [0.15, 0.2) is 24.4 Å². The molecule has 0 aliphatic heterocycles. The molecule has 0 amide bonds. The van der Waals surface area contributed by atoms with Crippen molar-refractivity contribution < 1.29 is 18.3 Å². The summed E-state index contributed by atoms with van der Waals surface area (Å²) in [5.41, 5.74) is -1.22. The van der Waals surface area contributed by atoms with Crippen LogP contribution in [0.25, 0.3) is 10.9 Å². The summed E-state index contributed by atoms with van der Waals surface area (Å²) in [5, 5.41) is 10.6. The van der Waals surface area contributed by atoms with Crippen molar-refractivity contribution in [1.29, 1.82) is 0 Å². The van der Waals surface area contributed by atoms with Crippen molar-refractivity contribution in [3.05, 3.63) is 35.5 Å². The number of aromatic nitrogens is 1. The molecule has 0 radical (unpaired) electrons. The van der Waals surface area contributed by atoms with Crippen molar-refractivity contribution in [2.24, 2.45) is 0 Å². The van der Waals surface area contributed by atoms with Gasteiger partial charge in [-0.25, -0.2) is 0 Å². The molecular formula is C15H18F3NO. The Morgan fingerprint density at radius 1 is 1.10 bits per heavy atom. The van der Waals surface area contributed by atoms with Crippen LogP contribution in [0.1, 0.15) is 44.9 Å². The topological polar surface area (TPSA) is 25.2 Å². The van der Waals surface area contributed by atoms with Gasteiger partial charge >= 0.3 is 6.18 Å². The summed E-state index contributed by atoms with van der Waals surface area (Å²) in [6, 6.07) is 3.95. The molecule has 5 heteroatoms. The summed E-state index contributed by atoms with van der Waals surface area (Å²) < 4.78 is 41.1. The maximum absolute atomic E-state index is 13.2. The van der Waals surface area contributed by atoms with E-state index >= 15 is 0 Å². The van der Waals surface area contributed by atoms with Gasteiger partial charge in [0.25, 0.3) is 0 Å². The fraction of sp³-hybridized carbons (Fsp3) is 0.467. The molecule has 1 aromatic carbocycles. The molecule has 0 aliphatic carbocycles. The second-order valence-electron chi connectivity index (χ2n) is 5.80. The number of benzene rings is 1. The predicted octanol–water partition coefficient (Wildman–Crippen LogP) is 4.47. The van der Waals surface area contributed by atoms with Crippen LogP contribution in [0.2, 0.25) is 0 Å². The zero-order chi connectivity index (χ0) is 15.3. The lowest BCUT2D eigenvalue weighted by Crippen LogP contribution is -2.14. The van der Waals surface area contributed by atoms with E-state index in [1.54, 1.807) is 30.7 Å². The zero-order valence-corrected chi connectivity index (χ0v) is 11.9. The van der Waals surface area contributed by atoms with Gasteiger partial charge in [0, 0.05) is 23.2 Å². The van der Waals surface area contributed by atoms with Gasteiger partial charge in [-0.1, -0.05) is 12.1 Å². The molecule has 2 aromatic rings. The van der Waals surface area contributed by atoms with E-state index in [9.17, 15) is 18.3 Å². The molecule has 0 saturated heterocycles. The number of alkyl halides is 3. The first-order valence-electron chi connectivity index (χ1n) is 6.47. The van der Waals surface area contributed by atoms with E-state index in [0.29, 0.717) is 10.9 Å². The standard InChI is InChI=1S/C15H18F3NO/c1-9(2)19-8-12(14(3,4)20)10-6-5-7-11(13(10)19)15(16,17)18/h5-9,20H,1-4H3. The van der Waals surface area contributed by atoms with Gasteiger partial charge in [-0.3, -0.25) is 0 Å². The Hall–Kier alpha value is -1.49. The van der Waals surface area contributed by atoms with Crippen LogP contribution in [-0.2, 0) is 11.8 Å². The highest BCUT2D eigenvalue weighted by Crippen LogP contribution is 2.40. The molecule has 1 heterocycles. The van der Waals surface area contributed by atoms with Crippen molar-refractivity contribution in [3.8, 4) is 0 Å². The Kier molecular flexibility index (Phi) is 3.37. The molecule has 0 fully saturated rings. The average Bonchev–Trinajstić information content (AvgIpc) is 2.65. The highest BCUT2D eigenvalue weighted by Gasteiger charge is 2.35. The minimum absolute atomic E-state index is 0.128. The molecular weight excluding hydrogens is 267 g/mol. The van der Waals surface area contributed by atoms with Crippen molar-refractivity contribution in [2.75, 3.05) is 0 Å². The lowest BCUT2D eigenvalue weighted by molar-refractivity contribution is -0.136. The SMILES string of the molecule is CC(C)n1cc(C(C)(C)O)c2cccc(C(F)(F)F)c21. The molecule has 20 heavy (non-hydrogen) atoms. The van der Waals surface area contributed by atoms with Crippen LogP contribution in [0.3, 0.4) is 0 Å². The maximum Gasteiger partial charge on any atom is 0.418 e. The predicted molar refractivity (Wildman–Crippen MR) is 72.6 cm³/mol. The average molecular weight is 285 g/mol. The molecule has 2 rings (SSSR count). The van der Waals surface area contributed by atoms with Gasteiger partial charge in [-0.15, -0.1) is 0 Å². The molecule has 0 spiro atoms. The van der Waals surface area contributed by atoms with Crippen LogP contribution in [0, 0.1) is 0 Å². The number of rotatable bonds is 2. The molecule has 0 atom stereocenters. The second kappa shape index (κ2) is 4.52. The first-order valence-corrected chi connectivity index (χ1v) is 6.47. The summed E-state index contributed by atoms with van der Waals surface area (Å²) in [5.74, 6) is 0. The Morgan fingerprint density at radius 2 is 1.70 bits per heavy atom. The van der Waals surface area contributed by atoms with Crippen molar-refractivity contribution in [1.82, 2.24) is 4.57 Å². The number of halogens is 3. The molecule has 0 aliphatic rings. The Morgan fingerprint density at radius 3 is 2.15 bits per heavy atom. The van der Waals surface area contributed by atoms with E-state index in [2.05, 4.69) is 0 Å². The number of para-hydroxylation sites is 1. The lowest BCUT2D eigenvalue weighted by Gasteiger charge is -2.16. The summed E-state index contributed by atoms with van der Waals surface area (Å²) in [6.45, 7) is 6.79. The van der Waals surface area contributed by atoms with E-state index in [4.69, 9.17) is 0 Å². The van der Waals surface area contributed by atoms with Gasteiger partial charge in [0.2, 0.25) is 0 Å². The Balaban J connectivity index is 2.91. The highest BCUT2D eigenvalue weighted by atomic mass is 19.4. The maximum atomic E-state index is 13.2. The number of fused-ring (bicyclic) bond motifs is 1. The van der Waals surface area contributed by atoms with Gasteiger partial charge in [0.1, 0.15) is 0 Å². The van der Waals surface area contributed by atoms with Crippen LogP contribution >= 0.6 is 0 Å². The number of hydrogen-bond acceptors (Lipinski definition) is 1. The van der Waals surface area contributed by atoms with Crippen molar-refractivity contribution in [3.63, 3.8) is 0 Å². The van der Waals surface area contributed by atoms with Crippen LogP contribution in [0.5, 0.6) is 0 Å².